The monoisotopic (exact) mass is 377 g/mol. The highest BCUT2D eigenvalue weighted by atomic mass is 79.9. The van der Waals surface area contributed by atoms with Gasteiger partial charge in [0, 0.05) is 22.7 Å². The van der Waals surface area contributed by atoms with Gasteiger partial charge in [-0.1, -0.05) is 45.7 Å². The van der Waals surface area contributed by atoms with E-state index >= 15 is 0 Å². The summed E-state index contributed by atoms with van der Waals surface area (Å²) in [5.74, 6) is 0. The second-order valence-corrected chi connectivity index (χ2v) is 6.38. The molecule has 1 aliphatic rings. The van der Waals surface area contributed by atoms with E-state index in [0.29, 0.717) is 10.9 Å². The van der Waals surface area contributed by atoms with Crippen LogP contribution in [0, 0.1) is 0 Å². The lowest BCUT2D eigenvalue weighted by atomic mass is 9.80. The van der Waals surface area contributed by atoms with E-state index in [9.17, 15) is 20.4 Å². The topological polar surface area (TPSA) is 106 Å². The van der Waals surface area contributed by atoms with Crippen LogP contribution in [-0.2, 0) is 10.3 Å². The summed E-state index contributed by atoms with van der Waals surface area (Å²) in [5.41, 5.74) is -1.50. The molecule has 8 heteroatoms. The summed E-state index contributed by atoms with van der Waals surface area (Å²) in [7, 11) is 0. The predicted molar refractivity (Wildman–Crippen MR) is 78.8 cm³/mol. The number of ether oxygens (including phenoxy) is 1. The van der Waals surface area contributed by atoms with Crippen LogP contribution < -0.4 is 0 Å². The number of nitrogens with one attached hydrogen (secondary N) is 1. The van der Waals surface area contributed by atoms with E-state index < -0.39 is 28.1 Å². The van der Waals surface area contributed by atoms with Crippen molar-refractivity contribution in [1.29, 1.82) is 0 Å². The van der Waals surface area contributed by atoms with Crippen molar-refractivity contribution in [3.05, 3.63) is 36.0 Å². The Morgan fingerprint density at radius 1 is 1.24 bits per heavy atom. The van der Waals surface area contributed by atoms with Gasteiger partial charge < -0.3 is 30.1 Å². The molecular weight excluding hydrogens is 366 g/mol. The molecule has 5 atom stereocenters. The Morgan fingerprint density at radius 3 is 2.62 bits per heavy atom. The minimum atomic E-state index is -2.39. The average Bonchev–Trinajstić information content (AvgIpc) is 2.88. The van der Waals surface area contributed by atoms with Gasteiger partial charge in [-0.3, -0.25) is 0 Å². The second kappa shape index (κ2) is 4.92. The fourth-order valence-corrected chi connectivity index (χ4v) is 3.44. The molecule has 2 heterocycles. The third-order valence-corrected chi connectivity index (χ3v) is 5.42. The van der Waals surface area contributed by atoms with Crippen molar-refractivity contribution in [2.75, 3.05) is 0 Å². The normalized spacial score (nSPS) is 40.6. The fourth-order valence-electron chi connectivity index (χ4n) is 2.61. The van der Waals surface area contributed by atoms with Crippen LogP contribution >= 0.6 is 27.5 Å². The fraction of sp³-hybridized carbons (Fsp3) is 0.385. The molecule has 0 spiro atoms. The number of halogens is 2. The molecule has 0 amide bonds. The number of aromatic nitrogens is 1. The lowest BCUT2D eigenvalue weighted by Crippen LogP contribution is -2.68. The Labute approximate surface area is 133 Å². The molecule has 1 fully saturated rings. The lowest BCUT2D eigenvalue weighted by molar-refractivity contribution is -0.316. The summed E-state index contributed by atoms with van der Waals surface area (Å²) in [5, 5.41) is 38.2. The number of fused-ring (bicyclic) bond motifs is 1. The number of aromatic amines is 1. The van der Waals surface area contributed by atoms with Gasteiger partial charge in [-0.25, -0.2) is 0 Å². The summed E-state index contributed by atoms with van der Waals surface area (Å²) >= 11 is 8.99. The van der Waals surface area contributed by atoms with E-state index in [1.165, 1.54) is 6.20 Å². The van der Waals surface area contributed by atoms with Gasteiger partial charge in [0.05, 0.1) is 0 Å². The Kier molecular flexibility index (Phi) is 3.57. The van der Waals surface area contributed by atoms with Crippen molar-refractivity contribution in [3.63, 3.8) is 0 Å². The van der Waals surface area contributed by atoms with E-state index in [-0.39, 0.29) is 5.56 Å². The number of aliphatic hydroxyl groups is 4. The van der Waals surface area contributed by atoms with Gasteiger partial charge in [-0.05, 0) is 6.07 Å². The van der Waals surface area contributed by atoms with Crippen LogP contribution in [0.3, 0.4) is 0 Å². The van der Waals surface area contributed by atoms with E-state index in [4.69, 9.17) is 16.3 Å². The van der Waals surface area contributed by atoms with Crippen molar-refractivity contribution in [2.24, 2.45) is 0 Å². The maximum absolute atomic E-state index is 10.9. The Balaban J connectivity index is 2.25. The molecule has 5 N–H and O–H groups in total. The van der Waals surface area contributed by atoms with Crippen LogP contribution in [0.2, 0.25) is 0 Å². The number of para-hydroxylation sites is 1. The minimum absolute atomic E-state index is 0.162. The summed E-state index contributed by atoms with van der Waals surface area (Å²) in [6.07, 6.45) is -2.13. The molecule has 21 heavy (non-hydrogen) atoms. The second-order valence-electron chi connectivity index (χ2n) is 4.98. The van der Waals surface area contributed by atoms with E-state index in [1.54, 1.807) is 24.3 Å². The van der Waals surface area contributed by atoms with Gasteiger partial charge in [0.15, 0.2) is 16.9 Å². The molecular formula is C13H13BrClNO5. The molecule has 1 aliphatic heterocycles. The number of rotatable bonds is 1. The van der Waals surface area contributed by atoms with Crippen molar-refractivity contribution in [2.45, 2.75) is 28.1 Å². The van der Waals surface area contributed by atoms with Crippen molar-refractivity contribution in [1.82, 2.24) is 4.98 Å². The molecule has 0 radical (unpaired) electrons. The molecule has 1 aromatic carbocycles. The average molecular weight is 379 g/mol. The van der Waals surface area contributed by atoms with Crippen molar-refractivity contribution >= 4 is 38.4 Å². The standard InChI is InChI=1S/C13H13BrClNO5/c14-11-13(15,20)12(19,9(17)10(18)21-11)7-5-16-8-4-2-1-3-6(7)8/h1-5,9-11,16-20H/t9-,10+,11?,12+,13-/m1/s1. The predicted octanol–water partition coefficient (Wildman–Crippen LogP) is 0.713. The first-order chi connectivity index (χ1) is 9.80. The quantitative estimate of drug-likeness (QED) is 0.470. The van der Waals surface area contributed by atoms with E-state index in [1.807, 2.05) is 0 Å². The third-order valence-electron chi connectivity index (χ3n) is 3.79. The number of alkyl halides is 2. The summed E-state index contributed by atoms with van der Waals surface area (Å²) in [4.78, 5) is 2.92. The number of aliphatic hydroxyl groups excluding tert-OH is 2. The number of H-pyrrole nitrogens is 1. The Hall–Kier alpha value is -0.670. The first kappa shape index (κ1) is 15.2. The van der Waals surface area contributed by atoms with Crippen LogP contribution in [0.4, 0.5) is 0 Å². The highest BCUT2D eigenvalue weighted by Crippen LogP contribution is 2.50. The maximum Gasteiger partial charge on any atom is 0.211 e. The number of benzene rings is 1. The van der Waals surface area contributed by atoms with Crippen LogP contribution in [0.5, 0.6) is 0 Å². The van der Waals surface area contributed by atoms with Gasteiger partial charge >= 0.3 is 0 Å². The zero-order valence-electron chi connectivity index (χ0n) is 10.6. The molecule has 6 nitrogen and oxygen atoms in total. The summed E-state index contributed by atoms with van der Waals surface area (Å²) in [6, 6.07) is 7.00. The molecule has 2 aromatic rings. The first-order valence-corrected chi connectivity index (χ1v) is 7.45. The highest BCUT2D eigenvalue weighted by molar-refractivity contribution is 9.09. The highest BCUT2D eigenvalue weighted by Gasteiger charge is 2.65. The molecule has 114 valence electrons. The van der Waals surface area contributed by atoms with E-state index in [0.717, 1.165) is 0 Å². The molecule has 0 bridgehead atoms. The molecule has 1 saturated heterocycles. The smallest absolute Gasteiger partial charge is 0.211 e. The van der Waals surface area contributed by atoms with E-state index in [2.05, 4.69) is 20.9 Å². The van der Waals surface area contributed by atoms with Gasteiger partial charge in [-0.2, -0.15) is 0 Å². The van der Waals surface area contributed by atoms with Crippen LogP contribution in [-0.4, -0.2) is 47.9 Å². The summed E-state index contributed by atoms with van der Waals surface area (Å²) in [6.45, 7) is 0. The van der Waals surface area contributed by atoms with Gasteiger partial charge in [0.1, 0.15) is 6.10 Å². The number of hydrogen-bond acceptors (Lipinski definition) is 5. The molecule has 0 saturated carbocycles. The lowest BCUT2D eigenvalue weighted by Gasteiger charge is -2.49. The minimum Gasteiger partial charge on any atom is -0.384 e. The van der Waals surface area contributed by atoms with Gasteiger partial charge in [0.2, 0.25) is 5.06 Å². The van der Waals surface area contributed by atoms with Crippen LogP contribution in [0.1, 0.15) is 5.56 Å². The molecule has 0 aliphatic carbocycles. The van der Waals surface area contributed by atoms with Crippen LogP contribution in [0.15, 0.2) is 30.5 Å². The van der Waals surface area contributed by atoms with Gasteiger partial charge in [-0.15, -0.1) is 0 Å². The first-order valence-electron chi connectivity index (χ1n) is 6.16. The van der Waals surface area contributed by atoms with Crippen molar-refractivity contribution < 1.29 is 25.2 Å². The Bertz CT molecular complexity index is 677. The zero-order chi connectivity index (χ0) is 15.4. The summed E-state index contributed by atoms with van der Waals surface area (Å²) < 4.78 is 4.89. The largest absolute Gasteiger partial charge is 0.384 e. The SMILES string of the molecule is O[C@@H]1[C@@H](O)OC(Br)[C@](O)(Cl)[C@]1(O)c1c[nH]c2ccccc12. The zero-order valence-corrected chi connectivity index (χ0v) is 12.9. The third kappa shape index (κ3) is 1.97. The van der Waals surface area contributed by atoms with Crippen LogP contribution in [0.25, 0.3) is 10.9 Å². The molecule has 3 rings (SSSR count). The molecule has 1 unspecified atom stereocenters. The molecule has 1 aromatic heterocycles. The Morgan fingerprint density at radius 2 is 1.90 bits per heavy atom. The van der Waals surface area contributed by atoms with Crippen molar-refractivity contribution in [3.8, 4) is 0 Å². The maximum atomic E-state index is 10.9. The van der Waals surface area contributed by atoms with Gasteiger partial charge in [0.25, 0.3) is 0 Å². The number of hydrogen-bond donors (Lipinski definition) is 5.